The molecular weight excluding hydrogens is 535 g/mol. The highest BCUT2D eigenvalue weighted by Gasteiger charge is 2.42. The van der Waals surface area contributed by atoms with E-state index in [0.717, 1.165) is 29.6 Å². The molecule has 1 saturated heterocycles. The molecule has 39 heavy (non-hydrogen) atoms. The number of carbonyl (C=O) groups is 2. The highest BCUT2D eigenvalue weighted by molar-refractivity contribution is 6.30. The third-order valence-corrected chi connectivity index (χ3v) is 6.95. The maximum Gasteiger partial charge on any atom is 0.490 e. The molecule has 0 radical (unpaired) electrons. The number of rotatable bonds is 8. The summed E-state index contributed by atoms with van der Waals surface area (Å²) in [5.41, 5.74) is 2.78. The number of halogens is 4. The minimum atomic E-state index is -5.11. The monoisotopic (exact) mass is 565 g/mol. The molecular formula is C27H31ClF3N5O3. The van der Waals surface area contributed by atoms with Crippen molar-refractivity contribution in [2.45, 2.75) is 31.7 Å². The Balaban J connectivity index is 1.42. The Hall–Kier alpha value is -3.28. The summed E-state index contributed by atoms with van der Waals surface area (Å²) in [5.74, 6) is -2.26. The van der Waals surface area contributed by atoms with Crippen molar-refractivity contribution in [1.82, 2.24) is 20.1 Å². The fourth-order valence-corrected chi connectivity index (χ4v) is 4.73. The van der Waals surface area contributed by atoms with Crippen molar-refractivity contribution in [2.24, 2.45) is 0 Å². The predicted octanol–water partition coefficient (Wildman–Crippen LogP) is 4.97. The first-order valence-electron chi connectivity index (χ1n) is 12.6. The number of fused-ring (bicyclic) bond motifs is 1. The molecule has 0 unspecified atom stereocenters. The second-order valence-electron chi connectivity index (χ2n) is 9.72. The molecule has 3 N–H and O–H groups in total. The van der Waals surface area contributed by atoms with Crippen LogP contribution in [0.3, 0.4) is 0 Å². The number of carbonyl (C=O) groups excluding carboxylic acids is 2. The molecule has 3 aromatic rings. The summed E-state index contributed by atoms with van der Waals surface area (Å²) in [5, 5.41) is 7.42. The molecule has 0 bridgehead atoms. The molecule has 2 atom stereocenters. The first-order valence-corrected chi connectivity index (χ1v) is 13.0. The molecule has 1 aliphatic heterocycles. The quantitative estimate of drug-likeness (QED) is 0.336. The van der Waals surface area contributed by atoms with Gasteiger partial charge in [0.25, 0.3) is 0 Å². The Morgan fingerprint density at radius 1 is 1.13 bits per heavy atom. The number of nitrogens with zero attached hydrogens (tertiary/aromatic N) is 2. The van der Waals surface area contributed by atoms with Crippen LogP contribution < -0.4 is 10.6 Å². The van der Waals surface area contributed by atoms with Gasteiger partial charge in [-0.1, -0.05) is 35.9 Å². The predicted molar refractivity (Wildman–Crippen MR) is 144 cm³/mol. The van der Waals surface area contributed by atoms with E-state index in [2.05, 4.69) is 20.5 Å². The lowest BCUT2D eigenvalue weighted by Gasteiger charge is -2.32. The zero-order valence-corrected chi connectivity index (χ0v) is 22.4. The molecule has 12 heteroatoms. The lowest BCUT2D eigenvalue weighted by molar-refractivity contribution is -0.205. The van der Waals surface area contributed by atoms with Gasteiger partial charge in [0.1, 0.15) is 6.10 Å². The summed E-state index contributed by atoms with van der Waals surface area (Å²) in [6.07, 6.45) is -3.90. The van der Waals surface area contributed by atoms with Crippen LogP contribution in [-0.2, 0) is 16.0 Å². The molecule has 210 valence electrons. The van der Waals surface area contributed by atoms with Crippen LogP contribution in [0.4, 0.5) is 23.7 Å². The van der Waals surface area contributed by atoms with Gasteiger partial charge in [0, 0.05) is 55.4 Å². The molecule has 1 fully saturated rings. The minimum absolute atomic E-state index is 0.0436. The van der Waals surface area contributed by atoms with Gasteiger partial charge in [0.05, 0.1) is 11.2 Å². The van der Waals surface area contributed by atoms with Gasteiger partial charge in [-0.3, -0.25) is 0 Å². The van der Waals surface area contributed by atoms with Gasteiger partial charge in [-0.25, -0.2) is 9.59 Å². The second kappa shape index (κ2) is 12.3. The van der Waals surface area contributed by atoms with Gasteiger partial charge in [-0.05, 0) is 49.7 Å². The Labute approximate surface area is 229 Å². The number of hydrogen-bond donors (Lipinski definition) is 3. The summed E-state index contributed by atoms with van der Waals surface area (Å²) < 4.78 is 43.4. The van der Waals surface area contributed by atoms with E-state index in [0.29, 0.717) is 35.8 Å². The van der Waals surface area contributed by atoms with Crippen LogP contribution in [0.25, 0.3) is 10.9 Å². The van der Waals surface area contributed by atoms with Crippen molar-refractivity contribution in [3.8, 4) is 0 Å². The summed E-state index contributed by atoms with van der Waals surface area (Å²) in [6, 6.07) is 11.5. The van der Waals surface area contributed by atoms with Crippen LogP contribution in [0.15, 0.2) is 48.7 Å². The van der Waals surface area contributed by atoms with E-state index in [1.807, 2.05) is 38.4 Å². The van der Waals surface area contributed by atoms with E-state index in [1.165, 1.54) is 6.07 Å². The van der Waals surface area contributed by atoms with Crippen LogP contribution in [0.2, 0.25) is 5.02 Å². The maximum atomic E-state index is 12.9. The number of alkyl halides is 3. The van der Waals surface area contributed by atoms with Crippen molar-refractivity contribution < 1.29 is 27.5 Å². The molecule has 8 nitrogen and oxygen atoms in total. The summed E-state index contributed by atoms with van der Waals surface area (Å²) in [7, 11) is 2.03. The highest BCUT2D eigenvalue weighted by Crippen LogP contribution is 2.28. The fourth-order valence-electron chi connectivity index (χ4n) is 4.53. The van der Waals surface area contributed by atoms with Gasteiger partial charge >= 0.3 is 18.2 Å². The molecule has 0 saturated carbocycles. The molecule has 2 amide bonds. The topological polar surface area (TPSA) is 89.7 Å². The standard InChI is InChI=1S/C27H31ClF3N5O3/c1-17(32-16-23(39-25(37)27(29,30)31)18-5-3-6-20(28)14-18)13-19-15-33-24-21(19)7-4-8-22(24)34-26(38)36-11-9-35(2)10-12-36/h3-8,14-15,17,23,32-33H,9-13,16H2,1-2H3,(H,34,38)/t17-,23+/m1/s1. The summed E-state index contributed by atoms with van der Waals surface area (Å²) in [4.78, 5) is 31.5. The van der Waals surface area contributed by atoms with Crippen molar-refractivity contribution in [1.29, 1.82) is 0 Å². The summed E-state index contributed by atoms with van der Waals surface area (Å²) in [6.45, 7) is 4.81. The van der Waals surface area contributed by atoms with Crippen molar-refractivity contribution >= 4 is 40.2 Å². The number of ether oxygens (including phenoxy) is 1. The maximum absolute atomic E-state index is 12.9. The van der Waals surface area contributed by atoms with Crippen LogP contribution in [0, 0.1) is 0 Å². The summed E-state index contributed by atoms with van der Waals surface area (Å²) >= 11 is 6.01. The number of urea groups is 1. The fraction of sp³-hybridized carbons (Fsp3) is 0.407. The number of piperazine rings is 1. The molecule has 1 aromatic heterocycles. The Morgan fingerprint density at radius 2 is 1.85 bits per heavy atom. The van der Waals surface area contributed by atoms with E-state index in [9.17, 15) is 22.8 Å². The lowest BCUT2D eigenvalue weighted by Crippen LogP contribution is -2.48. The van der Waals surface area contributed by atoms with E-state index < -0.39 is 18.2 Å². The second-order valence-corrected chi connectivity index (χ2v) is 10.2. The van der Waals surface area contributed by atoms with Crippen LogP contribution in [0.5, 0.6) is 0 Å². The van der Waals surface area contributed by atoms with E-state index in [1.54, 1.807) is 23.1 Å². The lowest BCUT2D eigenvalue weighted by atomic mass is 10.0. The smallest absolute Gasteiger partial charge is 0.449 e. The van der Waals surface area contributed by atoms with Gasteiger partial charge in [-0.2, -0.15) is 13.2 Å². The molecule has 4 rings (SSSR count). The van der Waals surface area contributed by atoms with Crippen molar-refractivity contribution in [3.63, 3.8) is 0 Å². The van der Waals surface area contributed by atoms with Gasteiger partial charge in [-0.15, -0.1) is 0 Å². The van der Waals surface area contributed by atoms with E-state index in [-0.39, 0.29) is 18.6 Å². The van der Waals surface area contributed by atoms with E-state index >= 15 is 0 Å². The highest BCUT2D eigenvalue weighted by atomic mass is 35.5. The number of aromatic amines is 1. The normalized spacial score (nSPS) is 16.2. The number of para-hydroxylation sites is 1. The number of H-pyrrole nitrogens is 1. The van der Waals surface area contributed by atoms with Crippen molar-refractivity contribution in [3.05, 3.63) is 64.8 Å². The Morgan fingerprint density at radius 3 is 2.54 bits per heavy atom. The first-order chi connectivity index (χ1) is 18.5. The van der Waals surface area contributed by atoms with Gasteiger partial charge in [0.2, 0.25) is 0 Å². The molecule has 2 heterocycles. The van der Waals surface area contributed by atoms with Crippen molar-refractivity contribution in [2.75, 3.05) is 45.1 Å². The average Bonchev–Trinajstić information content (AvgIpc) is 3.29. The average molecular weight is 566 g/mol. The molecule has 0 aliphatic carbocycles. The Kier molecular flexibility index (Phi) is 9.04. The van der Waals surface area contributed by atoms with E-state index in [4.69, 9.17) is 16.3 Å². The zero-order chi connectivity index (χ0) is 28.2. The molecule has 0 spiro atoms. The zero-order valence-electron chi connectivity index (χ0n) is 21.6. The van der Waals surface area contributed by atoms with Crippen LogP contribution in [-0.4, -0.2) is 78.8 Å². The number of hydrogen-bond acceptors (Lipinski definition) is 5. The minimum Gasteiger partial charge on any atom is -0.449 e. The number of anilines is 1. The van der Waals surface area contributed by atoms with Gasteiger partial charge < -0.3 is 30.2 Å². The van der Waals surface area contributed by atoms with Gasteiger partial charge in [0.15, 0.2) is 0 Å². The molecule has 1 aliphatic rings. The third kappa shape index (κ3) is 7.43. The number of amides is 2. The Bertz CT molecular complexity index is 1310. The van der Waals surface area contributed by atoms with Crippen LogP contribution >= 0.6 is 11.6 Å². The first kappa shape index (κ1) is 28.7. The molecule has 2 aromatic carbocycles. The number of nitrogens with one attached hydrogen (secondary N) is 3. The largest absolute Gasteiger partial charge is 0.490 e. The third-order valence-electron chi connectivity index (χ3n) is 6.71. The number of likely N-dealkylation sites (N-methyl/N-ethyl adjacent to an activating group) is 1. The number of esters is 1. The number of benzene rings is 2. The van der Waals surface area contributed by atoms with Crippen LogP contribution in [0.1, 0.15) is 24.2 Å². The number of aromatic nitrogens is 1. The SMILES string of the molecule is C[C@H](Cc1c[nH]c2c(NC(=O)N3CCN(C)CC3)cccc12)NC[C@H](OC(=O)C(F)(F)F)c1cccc(Cl)c1.